The molecule has 0 spiro atoms. The van der Waals surface area contributed by atoms with Crippen LogP contribution in [0.2, 0.25) is 0 Å². The summed E-state index contributed by atoms with van der Waals surface area (Å²) < 4.78 is 11.0. The molecule has 3 heterocycles. The third-order valence-corrected chi connectivity index (χ3v) is 6.17. The number of hydrogen-bond donors (Lipinski definition) is 0. The molecule has 6 rings (SSSR count). The first kappa shape index (κ1) is 17.8. The van der Waals surface area contributed by atoms with Gasteiger partial charge in [-0.2, -0.15) is 0 Å². The van der Waals surface area contributed by atoms with Crippen molar-refractivity contribution in [1.29, 1.82) is 0 Å². The van der Waals surface area contributed by atoms with Gasteiger partial charge in [-0.15, -0.1) is 11.3 Å². The van der Waals surface area contributed by atoms with Gasteiger partial charge in [0.1, 0.15) is 16.2 Å². The highest BCUT2D eigenvalue weighted by Crippen LogP contribution is 2.31. The molecule has 0 radical (unpaired) electrons. The fourth-order valence-corrected chi connectivity index (χ4v) is 4.61. The minimum Gasteiger partial charge on any atom is -0.422 e. The summed E-state index contributed by atoms with van der Waals surface area (Å²) in [4.78, 5) is 29.7. The Labute approximate surface area is 178 Å². The average Bonchev–Trinajstić information content (AvgIpc) is 3.27. The number of hydrogen-bond acceptors (Lipinski definition) is 6. The first-order chi connectivity index (χ1) is 15.2. The highest BCUT2D eigenvalue weighted by molar-refractivity contribution is 7.13. The number of fused-ring (bicyclic) bond motifs is 4. The lowest BCUT2D eigenvalue weighted by Gasteiger charge is -2.04. The van der Waals surface area contributed by atoms with Gasteiger partial charge in [-0.1, -0.05) is 48.5 Å². The molecule has 0 aliphatic heterocycles. The molecule has 31 heavy (non-hydrogen) atoms. The Morgan fingerprint density at radius 2 is 1.42 bits per heavy atom. The van der Waals surface area contributed by atoms with Crippen LogP contribution in [0.25, 0.3) is 54.5 Å². The fourth-order valence-electron chi connectivity index (χ4n) is 3.78. The van der Waals surface area contributed by atoms with Crippen LogP contribution < -0.4 is 11.3 Å². The maximum absolute atomic E-state index is 12.7. The van der Waals surface area contributed by atoms with Crippen molar-refractivity contribution in [3.05, 3.63) is 99.0 Å². The number of benzene rings is 3. The van der Waals surface area contributed by atoms with Gasteiger partial charge in [0, 0.05) is 16.2 Å². The van der Waals surface area contributed by atoms with Crippen LogP contribution in [0.4, 0.5) is 0 Å². The topological polar surface area (TPSA) is 73.3 Å². The molecule has 0 N–H and O–H groups in total. The lowest BCUT2D eigenvalue weighted by molar-refractivity contribution is 0.563. The molecular weight excluding hydrogens is 410 g/mol. The number of rotatable bonds is 2. The number of aromatic nitrogens is 1. The Morgan fingerprint density at radius 1 is 0.677 bits per heavy atom. The standard InChI is InChI=1S/C25H13NO4S/c27-24-18(12-17-16-7-3-1-5-14(16)9-10-22(17)30-24)20-13-31-23(26-20)19-11-15-6-2-4-8-21(15)29-25(19)28/h1-13H. The normalized spacial score (nSPS) is 11.5. The fraction of sp³-hybridized carbons (Fsp3) is 0. The second-order valence-electron chi connectivity index (χ2n) is 7.17. The van der Waals surface area contributed by atoms with E-state index in [0.717, 1.165) is 21.5 Å². The van der Waals surface area contributed by atoms with E-state index in [2.05, 4.69) is 4.98 Å². The van der Waals surface area contributed by atoms with Crippen molar-refractivity contribution >= 4 is 44.0 Å². The van der Waals surface area contributed by atoms with Gasteiger partial charge in [0.2, 0.25) is 0 Å². The molecule has 0 atom stereocenters. The number of nitrogens with zero attached hydrogens (tertiary/aromatic N) is 1. The summed E-state index contributed by atoms with van der Waals surface area (Å²) in [5.41, 5.74) is 1.31. The van der Waals surface area contributed by atoms with Gasteiger partial charge < -0.3 is 8.83 Å². The third kappa shape index (κ3) is 2.88. The largest absolute Gasteiger partial charge is 0.422 e. The lowest BCUT2D eigenvalue weighted by Crippen LogP contribution is -2.04. The molecule has 0 unspecified atom stereocenters. The zero-order chi connectivity index (χ0) is 20.9. The van der Waals surface area contributed by atoms with E-state index >= 15 is 0 Å². The summed E-state index contributed by atoms with van der Waals surface area (Å²) in [6, 6.07) is 22.5. The molecule has 0 saturated heterocycles. The Bertz CT molecular complexity index is 1740. The van der Waals surface area contributed by atoms with Crippen molar-refractivity contribution in [1.82, 2.24) is 4.98 Å². The van der Waals surface area contributed by atoms with Crippen molar-refractivity contribution in [2.45, 2.75) is 0 Å². The Balaban J connectivity index is 1.53. The van der Waals surface area contributed by atoms with E-state index in [1.807, 2.05) is 54.6 Å². The minimum absolute atomic E-state index is 0.358. The molecule has 0 saturated carbocycles. The van der Waals surface area contributed by atoms with Gasteiger partial charge in [0.25, 0.3) is 0 Å². The van der Waals surface area contributed by atoms with Crippen LogP contribution in [0.15, 0.2) is 96.6 Å². The molecule has 5 nitrogen and oxygen atoms in total. The first-order valence-corrected chi connectivity index (χ1v) is 10.5. The van der Waals surface area contributed by atoms with E-state index in [1.54, 1.807) is 23.6 Å². The van der Waals surface area contributed by atoms with Gasteiger partial charge in [-0.3, -0.25) is 0 Å². The van der Waals surface area contributed by atoms with Gasteiger partial charge in [0.05, 0.1) is 16.8 Å². The maximum Gasteiger partial charge on any atom is 0.346 e. The second-order valence-corrected chi connectivity index (χ2v) is 8.03. The van der Waals surface area contributed by atoms with Crippen LogP contribution >= 0.6 is 11.3 Å². The molecule has 148 valence electrons. The average molecular weight is 423 g/mol. The molecular formula is C25H13NO4S. The smallest absolute Gasteiger partial charge is 0.346 e. The van der Waals surface area contributed by atoms with E-state index < -0.39 is 11.3 Å². The first-order valence-electron chi connectivity index (χ1n) is 9.62. The van der Waals surface area contributed by atoms with Crippen LogP contribution in [0.5, 0.6) is 0 Å². The zero-order valence-corrected chi connectivity index (χ0v) is 16.8. The van der Waals surface area contributed by atoms with Crippen molar-refractivity contribution in [3.63, 3.8) is 0 Å². The van der Waals surface area contributed by atoms with Crippen LogP contribution in [0, 0.1) is 0 Å². The predicted molar refractivity (Wildman–Crippen MR) is 123 cm³/mol. The summed E-state index contributed by atoms with van der Waals surface area (Å²) in [6.45, 7) is 0. The van der Waals surface area contributed by atoms with E-state index in [4.69, 9.17) is 8.83 Å². The summed E-state index contributed by atoms with van der Waals surface area (Å²) in [7, 11) is 0. The third-order valence-electron chi connectivity index (χ3n) is 5.29. The molecule has 0 fully saturated rings. The van der Waals surface area contributed by atoms with Gasteiger partial charge in [0.15, 0.2) is 0 Å². The predicted octanol–water partition coefficient (Wildman–Crippen LogP) is 5.84. The summed E-state index contributed by atoms with van der Waals surface area (Å²) in [6.07, 6.45) is 0. The molecule has 3 aromatic heterocycles. The van der Waals surface area contributed by atoms with E-state index in [9.17, 15) is 9.59 Å². The Kier molecular flexibility index (Phi) is 3.88. The molecule has 0 bridgehead atoms. The SMILES string of the molecule is O=c1oc2ccc3ccccc3c2cc1-c1csc(-c2cc3ccccc3oc2=O)n1. The van der Waals surface area contributed by atoms with E-state index in [-0.39, 0.29) is 0 Å². The molecule has 6 heteroatoms. The van der Waals surface area contributed by atoms with Gasteiger partial charge in [-0.25, -0.2) is 14.6 Å². The Morgan fingerprint density at radius 3 is 2.32 bits per heavy atom. The van der Waals surface area contributed by atoms with Crippen LogP contribution in [0.1, 0.15) is 0 Å². The monoisotopic (exact) mass is 423 g/mol. The van der Waals surface area contributed by atoms with Crippen LogP contribution in [0.3, 0.4) is 0 Å². The highest BCUT2D eigenvalue weighted by atomic mass is 32.1. The van der Waals surface area contributed by atoms with E-state index in [1.165, 1.54) is 11.3 Å². The summed E-state index contributed by atoms with van der Waals surface area (Å²) >= 11 is 1.29. The summed E-state index contributed by atoms with van der Waals surface area (Å²) in [5.74, 6) is 0. The zero-order valence-electron chi connectivity index (χ0n) is 16.0. The quantitative estimate of drug-likeness (QED) is 0.258. The second kappa shape index (κ2) is 6.75. The molecule has 0 aliphatic rings. The maximum atomic E-state index is 12.7. The van der Waals surface area contributed by atoms with Crippen molar-refractivity contribution in [2.75, 3.05) is 0 Å². The molecule has 0 aliphatic carbocycles. The molecule has 3 aromatic carbocycles. The van der Waals surface area contributed by atoms with Crippen molar-refractivity contribution in [2.24, 2.45) is 0 Å². The van der Waals surface area contributed by atoms with Gasteiger partial charge >= 0.3 is 11.3 Å². The summed E-state index contributed by atoms with van der Waals surface area (Å²) in [5, 5.41) is 5.95. The van der Waals surface area contributed by atoms with Crippen molar-refractivity contribution < 1.29 is 8.83 Å². The van der Waals surface area contributed by atoms with Crippen LogP contribution in [-0.4, -0.2) is 4.98 Å². The molecule has 6 aromatic rings. The Hall–Kier alpha value is -4.03. The lowest BCUT2D eigenvalue weighted by atomic mass is 10.0. The van der Waals surface area contributed by atoms with Gasteiger partial charge in [-0.05, 0) is 35.0 Å². The van der Waals surface area contributed by atoms with Crippen LogP contribution in [-0.2, 0) is 0 Å². The number of para-hydroxylation sites is 1. The van der Waals surface area contributed by atoms with E-state index in [0.29, 0.717) is 33.0 Å². The van der Waals surface area contributed by atoms with Crippen molar-refractivity contribution in [3.8, 4) is 21.8 Å². The minimum atomic E-state index is -0.467. The number of thiazole rings is 1. The highest BCUT2D eigenvalue weighted by Gasteiger charge is 2.16. The molecule has 0 amide bonds.